The van der Waals surface area contributed by atoms with Crippen molar-refractivity contribution >= 4 is 16.8 Å². The Hall–Kier alpha value is -2.08. The van der Waals surface area contributed by atoms with Crippen molar-refractivity contribution in [1.82, 2.24) is 10.2 Å². The number of rotatable bonds is 8. The highest BCUT2D eigenvalue weighted by molar-refractivity contribution is 7.84. The summed E-state index contributed by atoms with van der Waals surface area (Å²) >= 11 is 0. The van der Waals surface area contributed by atoms with E-state index in [1.54, 1.807) is 17.4 Å². The summed E-state index contributed by atoms with van der Waals surface area (Å²) in [7, 11) is -0.982. The minimum absolute atomic E-state index is 0.148. The van der Waals surface area contributed by atoms with Gasteiger partial charge in [0, 0.05) is 41.0 Å². The molecule has 1 unspecified atom stereocenters. The smallest absolute Gasteiger partial charge is 0.317 e. The minimum Gasteiger partial charge on any atom is -0.472 e. The van der Waals surface area contributed by atoms with Crippen LogP contribution in [0.4, 0.5) is 4.79 Å². The molecule has 0 aliphatic rings. The largest absolute Gasteiger partial charge is 0.472 e. The van der Waals surface area contributed by atoms with Crippen LogP contribution in [-0.2, 0) is 23.1 Å². The number of carbonyl (C=O) groups is 1. The van der Waals surface area contributed by atoms with Crippen molar-refractivity contribution in [2.24, 2.45) is 0 Å². The van der Waals surface area contributed by atoms with Crippen molar-refractivity contribution in [3.05, 3.63) is 60.1 Å². The fourth-order valence-corrected chi connectivity index (χ4v) is 3.18. The molecular formula is C17H22N2O3S. The number of benzene rings is 1. The number of nitrogens with one attached hydrogen (secondary N) is 1. The molecule has 1 aromatic heterocycles. The zero-order valence-electron chi connectivity index (χ0n) is 13.2. The van der Waals surface area contributed by atoms with Crippen LogP contribution in [0.2, 0.25) is 0 Å². The van der Waals surface area contributed by atoms with E-state index in [2.05, 4.69) is 5.32 Å². The molecule has 23 heavy (non-hydrogen) atoms. The summed E-state index contributed by atoms with van der Waals surface area (Å²) in [5, 5.41) is 2.83. The number of hydrogen-bond donors (Lipinski definition) is 1. The Balaban J connectivity index is 1.71. The summed E-state index contributed by atoms with van der Waals surface area (Å²) in [6.45, 7) is 3.43. The lowest BCUT2D eigenvalue weighted by atomic mass is 10.2. The zero-order valence-corrected chi connectivity index (χ0v) is 14.1. The molecule has 0 spiro atoms. The lowest BCUT2D eigenvalue weighted by Crippen LogP contribution is -2.40. The fourth-order valence-electron chi connectivity index (χ4n) is 2.15. The van der Waals surface area contributed by atoms with Crippen molar-refractivity contribution in [3.8, 4) is 0 Å². The third kappa shape index (κ3) is 5.90. The van der Waals surface area contributed by atoms with E-state index >= 15 is 0 Å². The summed E-state index contributed by atoms with van der Waals surface area (Å²) in [5.74, 6) is 0.965. The number of urea groups is 1. The van der Waals surface area contributed by atoms with Gasteiger partial charge in [0.2, 0.25) is 0 Å². The van der Waals surface area contributed by atoms with Gasteiger partial charge >= 0.3 is 6.03 Å². The SMILES string of the molecule is CCN(Cc1ccoc1)C(=O)NCCS(=O)Cc1ccccc1. The number of hydrogen-bond acceptors (Lipinski definition) is 3. The summed E-state index contributed by atoms with van der Waals surface area (Å²) < 4.78 is 17.0. The lowest BCUT2D eigenvalue weighted by molar-refractivity contribution is 0.198. The molecule has 2 rings (SSSR count). The van der Waals surface area contributed by atoms with E-state index in [0.717, 1.165) is 11.1 Å². The second-order valence-electron chi connectivity index (χ2n) is 5.15. The molecule has 1 heterocycles. The third-order valence-corrected chi connectivity index (χ3v) is 4.71. The highest BCUT2D eigenvalue weighted by Gasteiger charge is 2.12. The Morgan fingerprint density at radius 2 is 2.00 bits per heavy atom. The van der Waals surface area contributed by atoms with Crippen LogP contribution in [0, 0.1) is 0 Å². The van der Waals surface area contributed by atoms with E-state index in [1.165, 1.54) is 0 Å². The Morgan fingerprint density at radius 1 is 1.22 bits per heavy atom. The maximum Gasteiger partial charge on any atom is 0.317 e. The first-order valence-corrected chi connectivity index (χ1v) is 9.10. The van der Waals surface area contributed by atoms with Crippen LogP contribution < -0.4 is 5.32 Å². The van der Waals surface area contributed by atoms with Crippen molar-refractivity contribution in [2.45, 2.75) is 19.2 Å². The molecule has 0 aliphatic carbocycles. The van der Waals surface area contributed by atoms with Gasteiger partial charge < -0.3 is 14.6 Å². The lowest BCUT2D eigenvalue weighted by Gasteiger charge is -2.20. The van der Waals surface area contributed by atoms with Crippen LogP contribution in [0.3, 0.4) is 0 Å². The quantitative estimate of drug-likeness (QED) is 0.807. The van der Waals surface area contributed by atoms with Crippen molar-refractivity contribution < 1.29 is 13.4 Å². The molecule has 0 radical (unpaired) electrons. The van der Waals surface area contributed by atoms with E-state index in [0.29, 0.717) is 31.1 Å². The standard InChI is InChI=1S/C17H22N2O3S/c1-2-19(12-16-8-10-22-13-16)17(20)18-9-11-23(21)14-15-6-4-3-5-7-15/h3-8,10,13H,2,9,11-12,14H2,1H3,(H,18,20). The maximum absolute atomic E-state index is 12.1. The van der Waals surface area contributed by atoms with Crippen LogP contribution in [0.1, 0.15) is 18.1 Å². The Bertz CT molecular complexity index is 614. The van der Waals surface area contributed by atoms with E-state index in [-0.39, 0.29) is 6.03 Å². The highest BCUT2D eigenvalue weighted by Crippen LogP contribution is 2.05. The van der Waals surface area contributed by atoms with Crippen molar-refractivity contribution in [3.63, 3.8) is 0 Å². The topological polar surface area (TPSA) is 62.6 Å². The third-order valence-electron chi connectivity index (χ3n) is 3.40. The second kappa shape index (κ2) is 9.15. The molecule has 1 N–H and O–H groups in total. The number of amides is 2. The van der Waals surface area contributed by atoms with Gasteiger partial charge in [-0.15, -0.1) is 0 Å². The van der Waals surface area contributed by atoms with Gasteiger partial charge in [0.15, 0.2) is 0 Å². The van der Waals surface area contributed by atoms with Gasteiger partial charge in [-0.25, -0.2) is 4.79 Å². The molecule has 124 valence electrons. The second-order valence-corrected chi connectivity index (χ2v) is 6.73. The van der Waals surface area contributed by atoms with Crippen molar-refractivity contribution in [1.29, 1.82) is 0 Å². The Labute approximate surface area is 139 Å². The van der Waals surface area contributed by atoms with Gasteiger partial charge in [0.05, 0.1) is 19.1 Å². The van der Waals surface area contributed by atoms with Gasteiger partial charge in [-0.2, -0.15) is 0 Å². The van der Waals surface area contributed by atoms with Crippen LogP contribution in [-0.4, -0.2) is 34.0 Å². The van der Waals surface area contributed by atoms with E-state index < -0.39 is 10.8 Å². The van der Waals surface area contributed by atoms with Gasteiger partial charge in [-0.05, 0) is 18.6 Å². The Kier molecular flexibility index (Phi) is 6.87. The maximum atomic E-state index is 12.1. The molecule has 2 amide bonds. The van der Waals surface area contributed by atoms with Gasteiger partial charge in [-0.1, -0.05) is 30.3 Å². The van der Waals surface area contributed by atoms with Crippen LogP contribution in [0.5, 0.6) is 0 Å². The first kappa shape index (κ1) is 17.3. The van der Waals surface area contributed by atoms with Gasteiger partial charge in [0.1, 0.15) is 0 Å². The average molecular weight is 334 g/mol. The molecule has 6 heteroatoms. The average Bonchev–Trinajstić information content (AvgIpc) is 3.06. The Morgan fingerprint density at radius 3 is 2.65 bits per heavy atom. The molecule has 1 atom stereocenters. The summed E-state index contributed by atoms with van der Waals surface area (Å²) in [6, 6.07) is 11.4. The molecule has 0 saturated heterocycles. The molecule has 0 saturated carbocycles. The zero-order chi connectivity index (χ0) is 16.5. The normalized spacial score (nSPS) is 11.9. The number of furan rings is 1. The summed E-state index contributed by atoms with van der Waals surface area (Å²) in [5.41, 5.74) is 2.00. The van der Waals surface area contributed by atoms with Crippen molar-refractivity contribution in [2.75, 3.05) is 18.8 Å². The molecule has 5 nitrogen and oxygen atoms in total. The van der Waals surface area contributed by atoms with Crippen LogP contribution >= 0.6 is 0 Å². The van der Waals surface area contributed by atoms with Crippen LogP contribution in [0.25, 0.3) is 0 Å². The molecule has 0 aliphatic heterocycles. The van der Waals surface area contributed by atoms with E-state index in [9.17, 15) is 9.00 Å². The monoisotopic (exact) mass is 334 g/mol. The van der Waals surface area contributed by atoms with E-state index in [1.807, 2.05) is 43.3 Å². The summed E-state index contributed by atoms with van der Waals surface area (Å²) in [4.78, 5) is 13.8. The van der Waals surface area contributed by atoms with Gasteiger partial charge in [0.25, 0.3) is 0 Å². The van der Waals surface area contributed by atoms with Crippen LogP contribution in [0.15, 0.2) is 53.3 Å². The number of carbonyl (C=O) groups excluding carboxylic acids is 1. The molecule has 0 fully saturated rings. The molecule has 2 aromatic rings. The highest BCUT2D eigenvalue weighted by atomic mass is 32.2. The number of nitrogens with zero attached hydrogens (tertiary/aromatic N) is 1. The molecule has 0 bridgehead atoms. The molecular weight excluding hydrogens is 312 g/mol. The first-order valence-electron chi connectivity index (χ1n) is 7.61. The predicted molar refractivity (Wildman–Crippen MR) is 91.3 cm³/mol. The summed E-state index contributed by atoms with van der Waals surface area (Å²) in [6.07, 6.45) is 3.22. The predicted octanol–water partition coefficient (Wildman–Crippen LogP) is 2.76. The van der Waals surface area contributed by atoms with E-state index in [4.69, 9.17) is 4.42 Å². The molecule has 1 aromatic carbocycles. The fraction of sp³-hybridized carbons (Fsp3) is 0.353. The van der Waals surface area contributed by atoms with Gasteiger partial charge in [-0.3, -0.25) is 4.21 Å². The first-order chi connectivity index (χ1) is 11.2. The minimum atomic E-state index is -0.982.